The second-order valence-electron chi connectivity index (χ2n) is 5.54. The molecule has 0 aliphatic heterocycles. The highest BCUT2D eigenvalue weighted by Crippen LogP contribution is 2.38. The van der Waals surface area contributed by atoms with Crippen molar-refractivity contribution in [1.29, 1.82) is 0 Å². The van der Waals surface area contributed by atoms with Gasteiger partial charge in [-0.05, 0) is 34.9 Å². The number of benzene rings is 3. The molecule has 0 aromatic heterocycles. The summed E-state index contributed by atoms with van der Waals surface area (Å²) in [6.45, 7) is 0. The van der Waals surface area contributed by atoms with Crippen LogP contribution in [0.4, 0.5) is 11.4 Å². The zero-order valence-electron chi connectivity index (χ0n) is 12.2. The van der Waals surface area contributed by atoms with Gasteiger partial charge in [0.25, 0.3) is 0 Å². The molecular formula is C21H17N. The van der Waals surface area contributed by atoms with E-state index in [1.165, 1.54) is 22.4 Å². The Morgan fingerprint density at radius 1 is 0.636 bits per heavy atom. The number of fused-ring (bicyclic) bond motifs is 1. The molecule has 1 unspecified atom stereocenters. The van der Waals surface area contributed by atoms with Crippen LogP contribution in [0, 0.1) is 0 Å². The molecule has 1 heteroatoms. The minimum atomic E-state index is 0.323. The molecule has 1 N–H and O–H groups in total. The van der Waals surface area contributed by atoms with Crippen LogP contribution in [0.2, 0.25) is 0 Å². The summed E-state index contributed by atoms with van der Waals surface area (Å²) in [6.07, 6.45) is 4.51. The summed E-state index contributed by atoms with van der Waals surface area (Å²) in [6, 6.07) is 27.5. The third-order valence-corrected chi connectivity index (χ3v) is 4.15. The quantitative estimate of drug-likeness (QED) is 0.660. The van der Waals surface area contributed by atoms with Crippen LogP contribution in [0.1, 0.15) is 22.6 Å². The molecule has 3 aromatic carbocycles. The summed E-state index contributed by atoms with van der Waals surface area (Å²) in [5.41, 5.74) is 6.30. The van der Waals surface area contributed by atoms with Crippen LogP contribution < -0.4 is 5.32 Å². The highest BCUT2D eigenvalue weighted by molar-refractivity contribution is 5.71. The summed E-state index contributed by atoms with van der Waals surface area (Å²) < 4.78 is 0. The molecule has 0 saturated carbocycles. The van der Waals surface area contributed by atoms with Gasteiger partial charge in [0.2, 0.25) is 0 Å². The second-order valence-corrected chi connectivity index (χ2v) is 5.54. The first-order valence-electron chi connectivity index (χ1n) is 7.60. The maximum Gasteiger partial charge on any atom is 0.0426 e. The molecule has 0 amide bonds. The lowest BCUT2D eigenvalue weighted by Gasteiger charge is -2.17. The summed E-state index contributed by atoms with van der Waals surface area (Å²) in [4.78, 5) is 0. The molecule has 106 valence electrons. The van der Waals surface area contributed by atoms with Crippen molar-refractivity contribution < 1.29 is 0 Å². The lowest BCUT2D eigenvalue weighted by atomic mass is 9.92. The van der Waals surface area contributed by atoms with Gasteiger partial charge in [-0.2, -0.15) is 0 Å². The fourth-order valence-corrected chi connectivity index (χ4v) is 3.08. The fourth-order valence-electron chi connectivity index (χ4n) is 3.08. The normalized spacial score (nSPS) is 15.5. The zero-order valence-corrected chi connectivity index (χ0v) is 12.2. The maximum absolute atomic E-state index is 3.55. The van der Waals surface area contributed by atoms with Crippen molar-refractivity contribution in [2.75, 3.05) is 5.32 Å². The third-order valence-electron chi connectivity index (χ3n) is 4.15. The van der Waals surface area contributed by atoms with Crippen molar-refractivity contribution in [3.05, 3.63) is 102 Å². The van der Waals surface area contributed by atoms with E-state index >= 15 is 0 Å². The van der Waals surface area contributed by atoms with E-state index in [-0.39, 0.29) is 0 Å². The third kappa shape index (κ3) is 2.31. The lowest BCUT2D eigenvalue weighted by Crippen LogP contribution is -2.01. The standard InChI is InChI=1S/C21H17N/c1-2-9-17(10-3-1)22-21-13-7-6-12-20(21)19-15-14-16-8-4-5-11-18(16)19/h1-15,19,22H. The van der Waals surface area contributed by atoms with E-state index < -0.39 is 0 Å². The monoisotopic (exact) mass is 283 g/mol. The summed E-state index contributed by atoms with van der Waals surface area (Å²) in [5.74, 6) is 0.323. The topological polar surface area (TPSA) is 12.0 Å². The first kappa shape index (κ1) is 12.9. The van der Waals surface area contributed by atoms with Crippen molar-refractivity contribution in [2.24, 2.45) is 0 Å². The molecule has 22 heavy (non-hydrogen) atoms. The van der Waals surface area contributed by atoms with Crippen LogP contribution in [0.3, 0.4) is 0 Å². The molecule has 0 saturated heterocycles. The SMILES string of the molecule is C1=CC(c2ccccc2Nc2ccccc2)c2ccccc21. The van der Waals surface area contributed by atoms with E-state index in [9.17, 15) is 0 Å². The largest absolute Gasteiger partial charge is 0.355 e. The molecule has 1 aliphatic rings. The van der Waals surface area contributed by atoms with Gasteiger partial charge >= 0.3 is 0 Å². The van der Waals surface area contributed by atoms with Crippen molar-refractivity contribution >= 4 is 17.5 Å². The van der Waals surface area contributed by atoms with Gasteiger partial charge in [0.1, 0.15) is 0 Å². The van der Waals surface area contributed by atoms with Gasteiger partial charge in [-0.1, -0.05) is 72.8 Å². The van der Waals surface area contributed by atoms with Crippen molar-refractivity contribution in [3.63, 3.8) is 0 Å². The number of para-hydroxylation sites is 2. The van der Waals surface area contributed by atoms with E-state index in [1.54, 1.807) is 0 Å². The Bertz CT molecular complexity index is 818. The molecule has 0 bridgehead atoms. The van der Waals surface area contributed by atoms with E-state index in [0.29, 0.717) is 5.92 Å². The second kappa shape index (κ2) is 5.53. The Balaban J connectivity index is 1.73. The molecule has 1 nitrogen and oxygen atoms in total. The minimum absolute atomic E-state index is 0.323. The Hall–Kier alpha value is -2.80. The van der Waals surface area contributed by atoms with Crippen LogP contribution in [-0.4, -0.2) is 0 Å². The molecule has 0 heterocycles. The van der Waals surface area contributed by atoms with Crippen molar-refractivity contribution in [1.82, 2.24) is 0 Å². The number of anilines is 2. The highest BCUT2D eigenvalue weighted by atomic mass is 14.9. The minimum Gasteiger partial charge on any atom is -0.355 e. The Labute approximate surface area is 130 Å². The molecule has 0 fully saturated rings. The van der Waals surface area contributed by atoms with Crippen molar-refractivity contribution in [3.8, 4) is 0 Å². The Morgan fingerprint density at radius 3 is 2.18 bits per heavy atom. The average molecular weight is 283 g/mol. The van der Waals surface area contributed by atoms with Gasteiger partial charge in [0, 0.05) is 17.3 Å². The van der Waals surface area contributed by atoms with Gasteiger partial charge in [-0.15, -0.1) is 0 Å². The summed E-state index contributed by atoms with van der Waals surface area (Å²) >= 11 is 0. The van der Waals surface area contributed by atoms with Gasteiger partial charge in [0.15, 0.2) is 0 Å². The lowest BCUT2D eigenvalue weighted by molar-refractivity contribution is 1.05. The molecule has 3 aromatic rings. The van der Waals surface area contributed by atoms with E-state index in [1.807, 2.05) is 6.07 Å². The van der Waals surface area contributed by atoms with Gasteiger partial charge in [-0.25, -0.2) is 0 Å². The smallest absolute Gasteiger partial charge is 0.0426 e. The number of hydrogen-bond acceptors (Lipinski definition) is 1. The van der Waals surface area contributed by atoms with Gasteiger partial charge < -0.3 is 5.32 Å². The van der Waals surface area contributed by atoms with Crippen LogP contribution in [0.25, 0.3) is 6.08 Å². The fraction of sp³-hybridized carbons (Fsp3) is 0.0476. The summed E-state index contributed by atoms with van der Waals surface area (Å²) in [7, 11) is 0. The molecular weight excluding hydrogens is 266 g/mol. The van der Waals surface area contributed by atoms with Crippen LogP contribution in [0.5, 0.6) is 0 Å². The molecule has 0 radical (unpaired) electrons. The molecule has 1 aliphatic carbocycles. The maximum atomic E-state index is 3.55. The Morgan fingerprint density at radius 2 is 1.32 bits per heavy atom. The number of rotatable bonds is 3. The van der Waals surface area contributed by atoms with Gasteiger partial charge in [-0.3, -0.25) is 0 Å². The van der Waals surface area contributed by atoms with E-state index in [2.05, 4.69) is 90.3 Å². The number of nitrogens with one attached hydrogen (secondary N) is 1. The molecule has 0 spiro atoms. The first-order valence-corrected chi connectivity index (χ1v) is 7.60. The van der Waals surface area contributed by atoms with Crippen LogP contribution in [-0.2, 0) is 0 Å². The highest BCUT2D eigenvalue weighted by Gasteiger charge is 2.20. The van der Waals surface area contributed by atoms with E-state index in [0.717, 1.165) is 5.69 Å². The Kier molecular flexibility index (Phi) is 3.24. The zero-order chi connectivity index (χ0) is 14.8. The van der Waals surface area contributed by atoms with Crippen LogP contribution >= 0.6 is 0 Å². The van der Waals surface area contributed by atoms with Crippen LogP contribution in [0.15, 0.2) is 84.9 Å². The molecule has 1 atom stereocenters. The molecule has 4 rings (SSSR count). The van der Waals surface area contributed by atoms with Gasteiger partial charge in [0.05, 0.1) is 0 Å². The summed E-state index contributed by atoms with van der Waals surface area (Å²) in [5, 5.41) is 3.55. The predicted octanol–water partition coefficient (Wildman–Crippen LogP) is 5.59. The van der Waals surface area contributed by atoms with E-state index in [4.69, 9.17) is 0 Å². The average Bonchev–Trinajstić information content (AvgIpc) is 3.00. The number of hydrogen-bond donors (Lipinski definition) is 1. The van der Waals surface area contributed by atoms with Crippen molar-refractivity contribution in [2.45, 2.75) is 5.92 Å². The number of allylic oxidation sites excluding steroid dienone is 1. The predicted molar refractivity (Wildman–Crippen MR) is 93.5 cm³/mol. The first-order chi connectivity index (χ1) is 10.9.